The number of aryl methyl sites for hydroxylation is 2. The van der Waals surface area contributed by atoms with Crippen LogP contribution in [0.4, 0.5) is 0 Å². The van der Waals surface area contributed by atoms with E-state index in [-0.39, 0.29) is 11.9 Å². The van der Waals surface area contributed by atoms with Gasteiger partial charge in [0.05, 0.1) is 11.7 Å². The number of hydrogen-bond acceptors (Lipinski definition) is 5. The minimum absolute atomic E-state index is 0.102. The van der Waals surface area contributed by atoms with Crippen LogP contribution in [-0.4, -0.2) is 36.6 Å². The van der Waals surface area contributed by atoms with Gasteiger partial charge >= 0.3 is 0 Å². The fraction of sp³-hybridized carbons (Fsp3) is 0.333. The number of benzene rings is 1. The van der Waals surface area contributed by atoms with Crippen LogP contribution in [-0.2, 0) is 0 Å². The summed E-state index contributed by atoms with van der Waals surface area (Å²) in [6.45, 7) is 4.06. The Labute approximate surface area is 145 Å². The van der Waals surface area contributed by atoms with Gasteiger partial charge in [-0.1, -0.05) is 23.4 Å². The lowest BCUT2D eigenvalue weighted by molar-refractivity contribution is 0.0940. The molecular formula is C18H21N3O2S. The number of carbonyl (C=O) groups is 1. The number of likely N-dealkylation sites (N-methyl/N-ethyl adjacent to an activating group) is 1. The number of rotatable bonds is 5. The summed E-state index contributed by atoms with van der Waals surface area (Å²) in [5, 5.41) is 10.3. The van der Waals surface area contributed by atoms with E-state index in [0.29, 0.717) is 23.6 Å². The lowest BCUT2D eigenvalue weighted by Crippen LogP contribution is -2.34. The largest absolute Gasteiger partial charge is 0.361 e. The molecule has 0 aliphatic rings. The number of carbonyl (C=O) groups excluding carboxylic acids is 1. The Bertz CT molecular complexity index is 847. The van der Waals surface area contributed by atoms with Gasteiger partial charge in [-0.2, -0.15) is 0 Å². The first-order valence-electron chi connectivity index (χ1n) is 7.82. The highest BCUT2D eigenvalue weighted by Crippen LogP contribution is 2.32. The molecule has 0 radical (unpaired) electrons. The summed E-state index contributed by atoms with van der Waals surface area (Å²) in [5.41, 5.74) is 2.38. The summed E-state index contributed by atoms with van der Waals surface area (Å²) in [6.07, 6.45) is 0. The van der Waals surface area contributed by atoms with Crippen LogP contribution in [0.15, 0.2) is 34.2 Å². The lowest BCUT2D eigenvalue weighted by Gasteiger charge is -2.24. The quantitative estimate of drug-likeness (QED) is 0.770. The van der Waals surface area contributed by atoms with E-state index in [4.69, 9.17) is 4.52 Å². The number of hydrogen-bond donors (Lipinski definition) is 1. The molecule has 0 unspecified atom stereocenters. The highest BCUT2D eigenvalue weighted by atomic mass is 32.1. The van der Waals surface area contributed by atoms with Crippen LogP contribution in [0.5, 0.6) is 0 Å². The third-order valence-electron chi connectivity index (χ3n) is 4.21. The number of fused-ring (bicyclic) bond motifs is 1. The van der Waals surface area contributed by atoms with E-state index in [1.807, 2.05) is 26.2 Å². The normalized spacial score (nSPS) is 12.7. The Kier molecular flexibility index (Phi) is 4.69. The second kappa shape index (κ2) is 6.75. The molecule has 0 aliphatic heterocycles. The van der Waals surface area contributed by atoms with Crippen molar-refractivity contribution in [2.24, 2.45) is 0 Å². The summed E-state index contributed by atoms with van der Waals surface area (Å²) in [6, 6.07) is 8.46. The third-order valence-corrected chi connectivity index (χ3v) is 5.19. The molecule has 3 aromatic rings. The second-order valence-corrected chi connectivity index (χ2v) is 6.99. The molecule has 0 saturated heterocycles. The summed E-state index contributed by atoms with van der Waals surface area (Å²) >= 11 is 1.73. The summed E-state index contributed by atoms with van der Waals surface area (Å²) in [7, 11) is 4.05. The van der Waals surface area contributed by atoms with Gasteiger partial charge in [0.15, 0.2) is 0 Å². The van der Waals surface area contributed by atoms with Crippen molar-refractivity contribution in [2.75, 3.05) is 20.6 Å². The van der Waals surface area contributed by atoms with Crippen molar-refractivity contribution in [1.29, 1.82) is 0 Å². The molecule has 1 N–H and O–H groups in total. The van der Waals surface area contributed by atoms with Crippen molar-refractivity contribution in [2.45, 2.75) is 19.9 Å². The van der Waals surface area contributed by atoms with Crippen LogP contribution in [0, 0.1) is 13.8 Å². The molecule has 0 spiro atoms. The van der Waals surface area contributed by atoms with Crippen LogP contribution in [0.25, 0.3) is 10.1 Å². The lowest BCUT2D eigenvalue weighted by atomic mass is 10.0. The first-order valence-corrected chi connectivity index (χ1v) is 8.70. The van der Waals surface area contributed by atoms with E-state index in [0.717, 1.165) is 0 Å². The zero-order chi connectivity index (χ0) is 17.3. The SMILES string of the molecule is Cc1noc(C)c1C(=O)NC[C@@H](c1csc2ccccc12)N(C)C. The molecule has 0 bridgehead atoms. The zero-order valence-electron chi connectivity index (χ0n) is 14.3. The Balaban J connectivity index is 1.82. The monoisotopic (exact) mass is 343 g/mol. The first-order chi connectivity index (χ1) is 11.5. The van der Waals surface area contributed by atoms with Crippen molar-refractivity contribution in [1.82, 2.24) is 15.4 Å². The minimum Gasteiger partial charge on any atom is -0.361 e. The van der Waals surface area contributed by atoms with Crippen molar-refractivity contribution < 1.29 is 9.32 Å². The zero-order valence-corrected chi connectivity index (χ0v) is 15.1. The maximum atomic E-state index is 12.5. The topological polar surface area (TPSA) is 58.4 Å². The fourth-order valence-electron chi connectivity index (χ4n) is 2.91. The predicted octanol–water partition coefficient (Wildman–Crippen LogP) is 3.54. The van der Waals surface area contributed by atoms with Crippen LogP contribution < -0.4 is 5.32 Å². The Morgan fingerprint density at radius 3 is 2.75 bits per heavy atom. The minimum atomic E-state index is -0.141. The Morgan fingerprint density at radius 2 is 2.08 bits per heavy atom. The van der Waals surface area contributed by atoms with Gasteiger partial charge in [-0.15, -0.1) is 11.3 Å². The van der Waals surface area contributed by atoms with Gasteiger partial charge in [0.2, 0.25) is 0 Å². The molecule has 126 valence electrons. The Morgan fingerprint density at radius 1 is 1.33 bits per heavy atom. The van der Waals surface area contributed by atoms with Gasteiger partial charge in [-0.25, -0.2) is 0 Å². The smallest absolute Gasteiger partial charge is 0.256 e. The highest BCUT2D eigenvalue weighted by molar-refractivity contribution is 7.17. The second-order valence-electron chi connectivity index (χ2n) is 6.08. The molecule has 1 aromatic carbocycles. The molecule has 3 rings (SSSR count). The number of amides is 1. The molecule has 0 aliphatic carbocycles. The van der Waals surface area contributed by atoms with Crippen LogP contribution in [0.2, 0.25) is 0 Å². The molecule has 2 aromatic heterocycles. The molecule has 0 fully saturated rings. The summed E-state index contributed by atoms with van der Waals surface area (Å²) in [4.78, 5) is 14.6. The van der Waals surface area contributed by atoms with Crippen LogP contribution in [0.3, 0.4) is 0 Å². The molecule has 5 nitrogen and oxygen atoms in total. The number of aromatic nitrogens is 1. The van der Waals surface area contributed by atoms with Gasteiger partial charge in [0.25, 0.3) is 5.91 Å². The Hall–Kier alpha value is -2.18. The van der Waals surface area contributed by atoms with Gasteiger partial charge in [0, 0.05) is 11.2 Å². The number of nitrogens with zero attached hydrogens (tertiary/aromatic N) is 2. The molecule has 24 heavy (non-hydrogen) atoms. The van der Waals surface area contributed by atoms with E-state index in [1.54, 1.807) is 25.2 Å². The van der Waals surface area contributed by atoms with E-state index >= 15 is 0 Å². The summed E-state index contributed by atoms with van der Waals surface area (Å²) < 4.78 is 6.34. The van der Waals surface area contributed by atoms with Gasteiger partial charge in [0.1, 0.15) is 11.3 Å². The number of nitrogens with one attached hydrogen (secondary N) is 1. The van der Waals surface area contributed by atoms with Crippen LogP contribution >= 0.6 is 11.3 Å². The van der Waals surface area contributed by atoms with Crippen molar-refractivity contribution in [3.8, 4) is 0 Å². The van der Waals surface area contributed by atoms with Crippen LogP contribution in [0.1, 0.15) is 33.4 Å². The summed E-state index contributed by atoms with van der Waals surface area (Å²) in [5.74, 6) is 0.407. The van der Waals surface area contributed by atoms with E-state index in [2.05, 4.69) is 32.9 Å². The fourth-order valence-corrected chi connectivity index (χ4v) is 3.92. The third kappa shape index (κ3) is 3.07. The van der Waals surface area contributed by atoms with E-state index in [1.165, 1.54) is 15.6 Å². The number of thiophene rings is 1. The molecule has 6 heteroatoms. The molecule has 2 heterocycles. The maximum Gasteiger partial charge on any atom is 0.256 e. The van der Waals surface area contributed by atoms with E-state index in [9.17, 15) is 4.79 Å². The average molecular weight is 343 g/mol. The standard InChI is InChI=1S/C18H21N3O2S/c1-11-17(12(2)23-20-11)18(22)19-9-15(21(3)4)14-10-24-16-8-6-5-7-13(14)16/h5-8,10,15H,9H2,1-4H3,(H,19,22)/t15-/m0/s1. The average Bonchev–Trinajstić information content (AvgIpc) is 3.11. The van der Waals surface area contributed by atoms with Gasteiger partial charge in [-0.05, 0) is 50.3 Å². The van der Waals surface area contributed by atoms with Crippen molar-refractivity contribution >= 4 is 27.3 Å². The van der Waals surface area contributed by atoms with Crippen molar-refractivity contribution in [3.05, 3.63) is 52.2 Å². The molecule has 1 atom stereocenters. The van der Waals surface area contributed by atoms with Crippen molar-refractivity contribution in [3.63, 3.8) is 0 Å². The van der Waals surface area contributed by atoms with Gasteiger partial charge in [-0.3, -0.25) is 4.79 Å². The highest BCUT2D eigenvalue weighted by Gasteiger charge is 2.22. The molecule has 0 saturated carbocycles. The van der Waals surface area contributed by atoms with E-state index < -0.39 is 0 Å². The van der Waals surface area contributed by atoms with Gasteiger partial charge < -0.3 is 14.7 Å². The first kappa shape index (κ1) is 16.7. The maximum absolute atomic E-state index is 12.5. The molecule has 1 amide bonds. The molecular weight excluding hydrogens is 322 g/mol. The predicted molar refractivity (Wildman–Crippen MR) is 96.6 cm³/mol.